The third-order valence-corrected chi connectivity index (χ3v) is 6.75. The Balaban J connectivity index is 2.05. The maximum Gasteiger partial charge on any atom is 0.252 e. The van der Waals surface area contributed by atoms with Crippen LogP contribution >= 0.6 is 0 Å². The van der Waals surface area contributed by atoms with Crippen LogP contribution in [0.25, 0.3) is 49.2 Å². The molecule has 1 aliphatic rings. The summed E-state index contributed by atoms with van der Waals surface area (Å²) in [6.45, 7) is 1.86. The van der Waals surface area contributed by atoms with E-state index in [1.54, 1.807) is 7.05 Å². The van der Waals surface area contributed by atoms with Crippen molar-refractivity contribution in [3.8, 4) is 0 Å². The Morgan fingerprint density at radius 3 is 2.43 bits per heavy atom. The van der Waals surface area contributed by atoms with E-state index < -0.39 is 0 Å². The van der Waals surface area contributed by atoms with E-state index in [0.717, 1.165) is 34.4 Å². The topological polar surface area (TPSA) is 46.2 Å². The van der Waals surface area contributed by atoms with E-state index in [2.05, 4.69) is 47.8 Å². The number of nitrogens with one attached hydrogen (secondary N) is 1. The van der Waals surface area contributed by atoms with Gasteiger partial charge in [0.05, 0.1) is 5.56 Å². The molecule has 0 atom stereocenters. The highest BCUT2D eigenvalue weighted by Gasteiger charge is 2.27. The van der Waals surface area contributed by atoms with Gasteiger partial charge < -0.3 is 5.32 Å². The van der Waals surface area contributed by atoms with Crippen molar-refractivity contribution in [1.82, 2.24) is 5.32 Å². The molecule has 0 unspecified atom stereocenters. The minimum absolute atomic E-state index is 0.00995. The minimum atomic E-state index is -0.204. The molecule has 146 valence electrons. The fourth-order valence-electron chi connectivity index (χ4n) is 5.52. The third-order valence-electron chi connectivity index (χ3n) is 6.75. The Morgan fingerprint density at radius 2 is 1.63 bits per heavy atom. The number of aryl methyl sites for hydroxylation is 1. The van der Waals surface area contributed by atoms with Crippen molar-refractivity contribution in [2.24, 2.45) is 0 Å². The molecule has 0 saturated carbocycles. The van der Waals surface area contributed by atoms with Crippen molar-refractivity contribution < 1.29 is 9.59 Å². The van der Waals surface area contributed by atoms with E-state index in [1.165, 1.54) is 32.3 Å². The first-order chi connectivity index (χ1) is 14.7. The van der Waals surface area contributed by atoms with Gasteiger partial charge in [-0.2, -0.15) is 0 Å². The SMILES string of the molecule is CCC(=O)c1c(C(=O)NC)c2ccc3cccc4c5c6c(ccc1c6c2c34)CCC=5. The van der Waals surface area contributed by atoms with Gasteiger partial charge in [0.2, 0.25) is 0 Å². The molecule has 3 nitrogen and oxygen atoms in total. The predicted octanol–water partition coefficient (Wildman–Crippen LogP) is 5.14. The number of carbonyl (C=O) groups is 2. The van der Waals surface area contributed by atoms with Crippen LogP contribution in [0.5, 0.6) is 0 Å². The van der Waals surface area contributed by atoms with Gasteiger partial charge in [-0.1, -0.05) is 55.5 Å². The summed E-state index contributed by atoms with van der Waals surface area (Å²) in [5, 5.41) is 12.9. The van der Waals surface area contributed by atoms with Crippen LogP contribution in [0.2, 0.25) is 0 Å². The summed E-state index contributed by atoms with van der Waals surface area (Å²) < 4.78 is 0. The number of hydrogen-bond donors (Lipinski definition) is 1. The Hall–Kier alpha value is -3.46. The summed E-state index contributed by atoms with van der Waals surface area (Å²) in [5.41, 5.74) is 2.40. The van der Waals surface area contributed by atoms with Gasteiger partial charge >= 0.3 is 0 Å². The fraction of sp³-hybridized carbons (Fsp3) is 0.185. The first-order valence-electron chi connectivity index (χ1n) is 10.6. The van der Waals surface area contributed by atoms with Crippen LogP contribution in [0, 0.1) is 0 Å². The average molecular weight is 391 g/mol. The number of fused-ring (bicyclic) bond motifs is 1. The first kappa shape index (κ1) is 17.4. The molecule has 0 heterocycles. The number of benzene rings is 5. The summed E-state index contributed by atoms with van der Waals surface area (Å²) in [5.74, 6) is -0.194. The van der Waals surface area contributed by atoms with Gasteiger partial charge in [-0.15, -0.1) is 0 Å². The van der Waals surface area contributed by atoms with Crippen molar-refractivity contribution in [3.05, 3.63) is 64.4 Å². The summed E-state index contributed by atoms with van der Waals surface area (Å²) in [6, 6.07) is 14.8. The number of rotatable bonds is 3. The smallest absolute Gasteiger partial charge is 0.252 e. The van der Waals surface area contributed by atoms with E-state index in [1.807, 2.05) is 13.0 Å². The maximum absolute atomic E-state index is 13.2. The number of amides is 1. The molecule has 1 aliphatic carbocycles. The van der Waals surface area contributed by atoms with Crippen LogP contribution in [-0.4, -0.2) is 18.7 Å². The normalized spacial score (nSPS) is 13.4. The summed E-state index contributed by atoms with van der Waals surface area (Å²) >= 11 is 0. The molecule has 30 heavy (non-hydrogen) atoms. The average Bonchev–Trinajstić information content (AvgIpc) is 2.80. The zero-order valence-electron chi connectivity index (χ0n) is 17.1. The van der Waals surface area contributed by atoms with Gasteiger partial charge in [0.15, 0.2) is 5.78 Å². The summed E-state index contributed by atoms with van der Waals surface area (Å²) in [4.78, 5) is 26.2. The zero-order chi connectivity index (χ0) is 20.6. The highest BCUT2D eigenvalue weighted by atomic mass is 16.2. The lowest BCUT2D eigenvalue weighted by Gasteiger charge is -2.23. The predicted molar refractivity (Wildman–Crippen MR) is 124 cm³/mol. The molecule has 0 saturated heterocycles. The van der Waals surface area contributed by atoms with Crippen LogP contribution in [-0.2, 0) is 6.42 Å². The first-order valence-corrected chi connectivity index (χ1v) is 10.6. The molecule has 0 aromatic heterocycles. The van der Waals surface area contributed by atoms with Crippen molar-refractivity contribution in [1.29, 1.82) is 0 Å². The second-order valence-corrected chi connectivity index (χ2v) is 8.18. The number of Topliss-reactive ketones (excluding diaryl/α,β-unsaturated/α-hetero) is 1. The van der Waals surface area contributed by atoms with Gasteiger partial charge in [-0.3, -0.25) is 9.59 Å². The molecule has 0 aliphatic heterocycles. The highest BCUT2D eigenvalue weighted by Crippen LogP contribution is 2.43. The van der Waals surface area contributed by atoms with E-state index >= 15 is 0 Å². The largest absolute Gasteiger partial charge is 0.355 e. The van der Waals surface area contributed by atoms with Crippen LogP contribution in [0.4, 0.5) is 0 Å². The lowest BCUT2D eigenvalue weighted by Crippen LogP contribution is -2.22. The van der Waals surface area contributed by atoms with Gasteiger partial charge in [0.25, 0.3) is 5.91 Å². The van der Waals surface area contributed by atoms with E-state index in [0.29, 0.717) is 17.5 Å². The van der Waals surface area contributed by atoms with E-state index in [4.69, 9.17) is 0 Å². The molecule has 0 fully saturated rings. The Kier molecular flexibility index (Phi) is 3.49. The molecule has 0 spiro atoms. The molecule has 1 N–H and O–H groups in total. The number of carbonyl (C=O) groups excluding carboxylic acids is 2. The van der Waals surface area contributed by atoms with Gasteiger partial charge in [-0.25, -0.2) is 0 Å². The van der Waals surface area contributed by atoms with Crippen molar-refractivity contribution in [2.45, 2.75) is 26.2 Å². The van der Waals surface area contributed by atoms with Crippen molar-refractivity contribution >= 4 is 60.9 Å². The van der Waals surface area contributed by atoms with Gasteiger partial charge in [0, 0.05) is 19.0 Å². The second kappa shape index (κ2) is 6.02. The number of hydrogen-bond acceptors (Lipinski definition) is 2. The molecule has 5 aromatic carbocycles. The standard InChI is InChI=1S/C27H21NO2/c1-3-20(29)23-18-12-10-14-6-4-8-16-17-9-5-7-15-11-13-19(26(23)27(30)28-2)25(22(15)17)24(18)21(14)16/h5,7-13H,3-4,6H2,1-2H3,(H,28,30). The maximum atomic E-state index is 13.2. The Morgan fingerprint density at radius 1 is 0.867 bits per heavy atom. The van der Waals surface area contributed by atoms with Crippen LogP contribution in [0.15, 0.2) is 42.5 Å². The highest BCUT2D eigenvalue weighted by molar-refractivity contribution is 6.37. The molecule has 3 heteroatoms. The zero-order valence-corrected chi connectivity index (χ0v) is 17.1. The molecular formula is C27H21NO2. The van der Waals surface area contributed by atoms with E-state index in [9.17, 15) is 9.59 Å². The van der Waals surface area contributed by atoms with Crippen LogP contribution in [0.3, 0.4) is 0 Å². The van der Waals surface area contributed by atoms with Crippen molar-refractivity contribution in [2.75, 3.05) is 7.05 Å². The third kappa shape index (κ3) is 2.00. The summed E-state index contributed by atoms with van der Waals surface area (Å²) in [7, 11) is 1.63. The van der Waals surface area contributed by atoms with Gasteiger partial charge in [0.1, 0.15) is 0 Å². The Labute approximate surface area is 173 Å². The lowest BCUT2D eigenvalue weighted by atomic mass is 9.79. The molecule has 0 bridgehead atoms. The summed E-state index contributed by atoms with van der Waals surface area (Å²) in [6.07, 6.45) is 4.73. The van der Waals surface area contributed by atoms with E-state index in [-0.39, 0.29) is 11.7 Å². The van der Waals surface area contributed by atoms with Crippen molar-refractivity contribution in [3.63, 3.8) is 0 Å². The molecular weight excluding hydrogens is 370 g/mol. The second-order valence-electron chi connectivity index (χ2n) is 8.18. The fourth-order valence-corrected chi connectivity index (χ4v) is 5.52. The minimum Gasteiger partial charge on any atom is -0.355 e. The quantitative estimate of drug-likeness (QED) is 0.263. The lowest BCUT2D eigenvalue weighted by molar-refractivity contribution is 0.0942. The van der Waals surface area contributed by atoms with Crippen LogP contribution in [0.1, 0.15) is 46.0 Å². The molecule has 6 rings (SSSR count). The Bertz CT molecular complexity index is 1590. The number of ketones is 1. The molecule has 0 radical (unpaired) electrons. The van der Waals surface area contributed by atoms with Gasteiger partial charge in [-0.05, 0) is 66.7 Å². The monoisotopic (exact) mass is 391 g/mol. The van der Waals surface area contributed by atoms with Crippen LogP contribution < -0.4 is 10.5 Å². The molecule has 1 amide bonds. The molecule has 5 aromatic rings.